The van der Waals surface area contributed by atoms with Crippen LogP contribution in [-0.4, -0.2) is 39.9 Å². The number of hydrogen-bond acceptors (Lipinski definition) is 6. The summed E-state index contributed by atoms with van der Waals surface area (Å²) in [4.78, 5) is 34.2. The fraction of sp³-hybridized carbons (Fsp3) is 0. The molecule has 3 aromatic heterocycles. The summed E-state index contributed by atoms with van der Waals surface area (Å²) in [6, 6.07) is 20.2. The van der Waals surface area contributed by atoms with Crippen LogP contribution in [0.2, 0.25) is 0 Å². The summed E-state index contributed by atoms with van der Waals surface area (Å²) < 4.78 is 60.9. The molecule has 2 N–H and O–H groups in total. The first-order valence-electron chi connectivity index (χ1n) is 13.6. The molecule has 0 saturated carbocycles. The van der Waals surface area contributed by atoms with Crippen molar-refractivity contribution in [2.45, 2.75) is 0 Å². The summed E-state index contributed by atoms with van der Waals surface area (Å²) in [5, 5.41) is 0.353. The molecule has 2 aliphatic rings. The monoisotopic (exact) mass is 633 g/mol. The Balaban J connectivity index is 1.55. The van der Waals surface area contributed by atoms with E-state index in [2.05, 4.69) is 29.9 Å². The van der Waals surface area contributed by atoms with Crippen LogP contribution in [0.1, 0.15) is 0 Å². The standard InChI is InChI=1S/C32H13F4N8.Ti/c33-21-19-20(22(34)24(36)23(21)35)32-43-30-18-12-6-4-10-16(18)28(41-30)39-26-14-8-2-1-7-13(14)25(37-26)38-27-15-9-3-5-11-17(15)29(40-27)42-31(19)44-32;/h1-11H,(H2,37,38,39,40,41,42,43,44);. The van der Waals surface area contributed by atoms with Crippen molar-refractivity contribution in [3.63, 3.8) is 0 Å². The summed E-state index contributed by atoms with van der Waals surface area (Å²) in [5.74, 6) is -6.33. The van der Waals surface area contributed by atoms with Gasteiger partial charge in [0.2, 0.25) is 0 Å². The Hall–Kier alpha value is -5.33. The first-order valence-corrected chi connectivity index (χ1v) is 14.4. The van der Waals surface area contributed by atoms with E-state index in [0.29, 0.717) is 45.2 Å². The van der Waals surface area contributed by atoms with Gasteiger partial charge in [-0.1, -0.05) is 6.07 Å². The number of aromatic nitrogens is 8. The number of halogens is 4. The van der Waals surface area contributed by atoms with E-state index in [9.17, 15) is 8.78 Å². The molecular formula is C32H13F4N8Ti. The molecule has 0 aliphatic carbocycles. The van der Waals surface area contributed by atoms with Gasteiger partial charge in [-0.05, 0) is 0 Å². The molecule has 0 unspecified atom stereocenters. The van der Waals surface area contributed by atoms with Gasteiger partial charge in [-0.25, -0.2) is 0 Å². The average molecular weight is 633 g/mol. The van der Waals surface area contributed by atoms with Gasteiger partial charge in [-0.3, -0.25) is 0 Å². The van der Waals surface area contributed by atoms with Gasteiger partial charge in [0.15, 0.2) is 0 Å². The summed E-state index contributed by atoms with van der Waals surface area (Å²) in [7, 11) is 0. The van der Waals surface area contributed by atoms with Crippen LogP contribution < -0.4 is 3.87 Å². The van der Waals surface area contributed by atoms with E-state index in [-0.39, 0.29) is 22.9 Å². The number of nitrogens with one attached hydrogen (secondary N) is 2. The first-order chi connectivity index (χ1) is 21.9. The Kier molecular flexibility index (Phi) is 5.42. The molecular weight excluding hydrogens is 620 g/mol. The van der Waals surface area contributed by atoms with Crippen molar-refractivity contribution in [2.24, 2.45) is 0 Å². The number of hydrogen-bond donors (Lipinski definition) is 2. The van der Waals surface area contributed by atoms with Crippen LogP contribution in [0.3, 0.4) is 0 Å². The van der Waals surface area contributed by atoms with E-state index in [4.69, 9.17) is 9.97 Å². The fourth-order valence-electron chi connectivity index (χ4n) is 5.85. The Labute approximate surface area is 260 Å². The topological polar surface area (TPSA) is 109 Å². The normalized spacial score (nSPS) is 12.1. The van der Waals surface area contributed by atoms with Gasteiger partial charge in [0.25, 0.3) is 0 Å². The molecule has 45 heavy (non-hydrogen) atoms. The Morgan fingerprint density at radius 1 is 0.444 bits per heavy atom. The number of nitrogens with zero attached hydrogens (tertiary/aromatic N) is 6. The SMILES string of the molecule is Fc1c(F)c(F)c2c3nc4nc(nc5[nH]c(nc6nc(nc([nH]3)c2c1F)-c1ccccc1-6)c1ccccc51)-c1ccc[c]([Ti])c1-4. The van der Waals surface area contributed by atoms with Gasteiger partial charge in [-0.15, -0.1) is 0 Å². The fourth-order valence-corrected chi connectivity index (χ4v) is 6.39. The molecule has 0 saturated heterocycles. The summed E-state index contributed by atoms with van der Waals surface area (Å²) in [6.45, 7) is 0. The number of benzene rings is 4. The van der Waals surface area contributed by atoms with Crippen molar-refractivity contribution in [2.75, 3.05) is 0 Å². The average Bonchev–Trinajstić information content (AvgIpc) is 3.78. The van der Waals surface area contributed by atoms with Crippen LogP contribution in [0.5, 0.6) is 0 Å². The molecule has 9 rings (SSSR count). The Bertz CT molecular complexity index is 2630. The van der Waals surface area contributed by atoms with Gasteiger partial charge in [-0.2, -0.15) is 0 Å². The molecule has 0 spiro atoms. The van der Waals surface area contributed by atoms with E-state index >= 15 is 8.78 Å². The van der Waals surface area contributed by atoms with Crippen LogP contribution >= 0.6 is 0 Å². The maximum atomic E-state index is 15.4. The molecule has 213 valence electrons. The quantitative estimate of drug-likeness (QED) is 0.0844. The van der Waals surface area contributed by atoms with Crippen LogP contribution in [-0.2, 0) is 20.4 Å². The number of fused-ring (bicyclic) bond motifs is 20. The molecule has 8 bridgehead atoms. The first kappa shape index (κ1) is 26.1. The second kappa shape index (κ2) is 9.34. The molecule has 0 atom stereocenters. The number of rotatable bonds is 0. The second-order valence-corrected chi connectivity index (χ2v) is 11.3. The van der Waals surface area contributed by atoms with E-state index in [1.165, 1.54) is 0 Å². The van der Waals surface area contributed by atoms with Crippen molar-refractivity contribution in [1.29, 1.82) is 0 Å². The summed E-state index contributed by atoms with van der Waals surface area (Å²) in [6.07, 6.45) is 0. The molecule has 8 nitrogen and oxygen atoms in total. The minimum absolute atomic E-state index is 0.103. The predicted molar refractivity (Wildman–Crippen MR) is 156 cm³/mol. The molecule has 0 amide bonds. The van der Waals surface area contributed by atoms with E-state index in [1.54, 1.807) is 18.2 Å². The Morgan fingerprint density at radius 3 is 1.49 bits per heavy atom. The zero-order valence-electron chi connectivity index (χ0n) is 22.5. The van der Waals surface area contributed by atoms with E-state index < -0.39 is 34.0 Å². The van der Waals surface area contributed by atoms with Crippen LogP contribution in [0.4, 0.5) is 17.6 Å². The van der Waals surface area contributed by atoms with Crippen LogP contribution in [0, 0.1) is 23.3 Å². The van der Waals surface area contributed by atoms with Gasteiger partial charge in [0.1, 0.15) is 0 Å². The van der Waals surface area contributed by atoms with Gasteiger partial charge in [0, 0.05) is 0 Å². The third-order valence-corrected chi connectivity index (χ3v) is 8.53. The maximum absolute atomic E-state index is 15.4. The molecule has 13 heteroatoms. The molecule has 7 aromatic rings. The van der Waals surface area contributed by atoms with Crippen molar-refractivity contribution in [3.8, 4) is 45.6 Å². The third-order valence-electron chi connectivity index (χ3n) is 7.88. The van der Waals surface area contributed by atoms with Gasteiger partial charge >= 0.3 is 255 Å². The molecule has 2 aliphatic heterocycles. The number of H-pyrrole nitrogens is 2. The molecule has 0 fully saturated rings. The molecule has 5 heterocycles. The van der Waals surface area contributed by atoms with Gasteiger partial charge < -0.3 is 0 Å². The van der Waals surface area contributed by atoms with E-state index in [1.807, 2.05) is 69.0 Å². The van der Waals surface area contributed by atoms with Crippen molar-refractivity contribution < 1.29 is 38.0 Å². The zero-order valence-corrected chi connectivity index (χ0v) is 24.1. The van der Waals surface area contributed by atoms with Crippen molar-refractivity contribution in [3.05, 3.63) is 90.0 Å². The van der Waals surface area contributed by atoms with Gasteiger partial charge in [0.05, 0.1) is 0 Å². The molecule has 4 aromatic carbocycles. The zero-order chi connectivity index (χ0) is 30.6. The van der Waals surface area contributed by atoms with E-state index in [0.717, 1.165) is 14.6 Å². The number of aromatic amines is 2. The van der Waals surface area contributed by atoms with Crippen molar-refractivity contribution in [1.82, 2.24) is 39.9 Å². The third kappa shape index (κ3) is 3.69. The van der Waals surface area contributed by atoms with Crippen LogP contribution in [0.25, 0.3) is 89.7 Å². The van der Waals surface area contributed by atoms with Crippen molar-refractivity contribution >= 4 is 48.0 Å². The summed E-state index contributed by atoms with van der Waals surface area (Å²) in [5.41, 5.74) is 2.80. The predicted octanol–water partition coefficient (Wildman–Crippen LogP) is 6.60. The summed E-state index contributed by atoms with van der Waals surface area (Å²) >= 11 is 1.85. The molecule has 0 radical (unpaired) electrons. The minimum atomic E-state index is -1.97. The second-order valence-electron chi connectivity index (χ2n) is 10.4. The van der Waals surface area contributed by atoms with Crippen LogP contribution in [0.15, 0.2) is 66.7 Å². The Morgan fingerprint density at radius 2 is 0.889 bits per heavy atom.